The molecule has 8 nitrogen and oxygen atoms in total. The van der Waals surface area contributed by atoms with Gasteiger partial charge >= 0.3 is 5.97 Å². The Kier molecular flexibility index (Phi) is 7.77. The van der Waals surface area contributed by atoms with Crippen LogP contribution in [0.4, 0.5) is 10.1 Å². The second-order valence-electron chi connectivity index (χ2n) is 11.2. The van der Waals surface area contributed by atoms with Crippen LogP contribution >= 0.6 is 0 Å². The number of nitrogens with zero attached hydrogens (tertiary/aromatic N) is 1. The molecule has 6 rings (SSSR count). The summed E-state index contributed by atoms with van der Waals surface area (Å²) in [5.41, 5.74) is 4.16. The smallest absolute Gasteiger partial charge is 0.309 e. The van der Waals surface area contributed by atoms with Crippen molar-refractivity contribution >= 4 is 17.6 Å². The van der Waals surface area contributed by atoms with E-state index < -0.39 is 29.7 Å². The van der Waals surface area contributed by atoms with Crippen molar-refractivity contribution < 1.29 is 33.3 Å². The lowest BCUT2D eigenvalue weighted by Gasteiger charge is -2.27. The van der Waals surface area contributed by atoms with E-state index in [1.807, 2.05) is 61.2 Å². The summed E-state index contributed by atoms with van der Waals surface area (Å²) in [6.07, 6.45) is 3.83. The van der Waals surface area contributed by atoms with Crippen LogP contribution in [-0.4, -0.2) is 47.9 Å². The first-order valence-corrected chi connectivity index (χ1v) is 14.6. The van der Waals surface area contributed by atoms with E-state index in [-0.39, 0.29) is 43.4 Å². The lowest BCUT2D eigenvalue weighted by molar-refractivity contribution is -0.143. The van der Waals surface area contributed by atoms with E-state index in [9.17, 15) is 19.1 Å². The third-order valence-electron chi connectivity index (χ3n) is 8.42. The number of aliphatic carboxylic acids is 1. The number of anilines is 1. The molecule has 42 heavy (non-hydrogen) atoms. The van der Waals surface area contributed by atoms with Gasteiger partial charge in [-0.2, -0.15) is 0 Å². The number of likely N-dealkylation sites (tertiary alicyclic amines) is 1. The van der Waals surface area contributed by atoms with Gasteiger partial charge in [-0.25, -0.2) is 4.39 Å². The summed E-state index contributed by atoms with van der Waals surface area (Å²) >= 11 is 0. The molecule has 3 aliphatic rings. The van der Waals surface area contributed by atoms with Gasteiger partial charge in [0.05, 0.1) is 18.6 Å². The fraction of sp³-hybridized carbons (Fsp3) is 0.394. The Hall–Kier alpha value is -4.11. The van der Waals surface area contributed by atoms with Gasteiger partial charge in [0.1, 0.15) is 5.75 Å². The molecule has 3 atom stereocenters. The molecule has 2 fully saturated rings. The molecular weight excluding hydrogens is 539 g/mol. The molecule has 1 saturated heterocycles. The standard InChI is InChI=1S/C33H35FN2O6/c1-3-19-6-5-7-20(4-2)30(19)35-28(37)17-36-16-25(22-14-26(34)32-27(15-22)40-18-41-32)29(33(38)39)31(36)21-8-10-23(11-9-21)42-24-12-13-24/h5-11,14-15,24-25,29,31H,3-4,12-13,16-18H2,1-2H3,(H,35,37)(H,38,39)/t25-,29?,31+/m1/s1. The van der Waals surface area contributed by atoms with Crippen molar-refractivity contribution in [3.63, 3.8) is 0 Å². The number of benzene rings is 3. The Labute approximate surface area is 244 Å². The molecule has 3 aromatic rings. The van der Waals surface area contributed by atoms with E-state index in [0.29, 0.717) is 5.56 Å². The van der Waals surface area contributed by atoms with E-state index in [1.54, 1.807) is 6.07 Å². The average Bonchev–Trinajstić information content (AvgIpc) is 3.51. The van der Waals surface area contributed by atoms with Crippen molar-refractivity contribution in [2.24, 2.45) is 5.92 Å². The number of nitrogens with one attached hydrogen (secondary N) is 1. The Morgan fingerprint density at radius 3 is 2.38 bits per heavy atom. The highest BCUT2D eigenvalue weighted by Gasteiger charge is 2.48. The summed E-state index contributed by atoms with van der Waals surface area (Å²) in [7, 11) is 0. The number of rotatable bonds is 10. The highest BCUT2D eigenvalue weighted by molar-refractivity contribution is 5.94. The van der Waals surface area contributed by atoms with E-state index in [2.05, 4.69) is 5.32 Å². The summed E-state index contributed by atoms with van der Waals surface area (Å²) in [6, 6.07) is 15.8. The molecule has 220 valence electrons. The zero-order valence-corrected chi connectivity index (χ0v) is 23.8. The first-order chi connectivity index (χ1) is 20.4. The number of carboxylic acids is 1. The van der Waals surface area contributed by atoms with E-state index >= 15 is 0 Å². The summed E-state index contributed by atoms with van der Waals surface area (Å²) < 4.78 is 31.5. The molecule has 1 unspecified atom stereocenters. The molecule has 2 aliphatic heterocycles. The van der Waals surface area contributed by atoms with Gasteiger partial charge in [0, 0.05) is 24.2 Å². The van der Waals surface area contributed by atoms with Gasteiger partial charge in [0.15, 0.2) is 11.6 Å². The van der Waals surface area contributed by atoms with Crippen LogP contribution in [0.1, 0.15) is 60.9 Å². The lowest BCUT2D eigenvalue weighted by Crippen LogP contribution is -2.35. The van der Waals surface area contributed by atoms with Crippen molar-refractivity contribution in [2.75, 3.05) is 25.2 Å². The second-order valence-corrected chi connectivity index (χ2v) is 11.2. The predicted octanol–water partition coefficient (Wildman–Crippen LogP) is 5.70. The van der Waals surface area contributed by atoms with Crippen molar-refractivity contribution in [2.45, 2.75) is 57.6 Å². The number of hydrogen-bond acceptors (Lipinski definition) is 6. The molecule has 2 N–H and O–H groups in total. The van der Waals surface area contributed by atoms with Crippen molar-refractivity contribution in [1.82, 2.24) is 4.90 Å². The summed E-state index contributed by atoms with van der Waals surface area (Å²) in [6.45, 7) is 4.21. The first-order valence-electron chi connectivity index (χ1n) is 14.6. The predicted molar refractivity (Wildman–Crippen MR) is 155 cm³/mol. The minimum atomic E-state index is -1.02. The quantitative estimate of drug-likeness (QED) is 0.321. The van der Waals surface area contributed by atoms with E-state index in [4.69, 9.17) is 14.2 Å². The van der Waals surface area contributed by atoms with E-state index in [1.165, 1.54) is 6.07 Å². The third kappa shape index (κ3) is 5.53. The molecular formula is C33H35FN2O6. The lowest BCUT2D eigenvalue weighted by atomic mass is 9.82. The van der Waals surface area contributed by atoms with Gasteiger partial charge < -0.3 is 24.6 Å². The molecule has 1 aliphatic carbocycles. The Morgan fingerprint density at radius 1 is 1.02 bits per heavy atom. The fourth-order valence-corrected chi connectivity index (χ4v) is 6.22. The zero-order chi connectivity index (χ0) is 29.4. The van der Waals surface area contributed by atoms with Gasteiger partial charge in [-0.1, -0.05) is 44.2 Å². The Bertz CT molecular complexity index is 1470. The number of amides is 1. The number of hydrogen-bond donors (Lipinski definition) is 2. The number of carboxylic acid groups (broad SMARTS) is 1. The second kappa shape index (κ2) is 11.6. The molecule has 1 saturated carbocycles. The largest absolute Gasteiger partial charge is 0.490 e. The highest BCUT2D eigenvalue weighted by atomic mass is 19.1. The monoisotopic (exact) mass is 574 g/mol. The van der Waals surface area contributed by atoms with Gasteiger partial charge in [0.25, 0.3) is 0 Å². The number of para-hydroxylation sites is 1. The molecule has 0 aromatic heterocycles. The third-order valence-corrected chi connectivity index (χ3v) is 8.42. The fourth-order valence-electron chi connectivity index (χ4n) is 6.22. The summed E-state index contributed by atoms with van der Waals surface area (Å²) in [5.74, 6) is -2.37. The van der Waals surface area contributed by atoms with Crippen LogP contribution in [0.3, 0.4) is 0 Å². The van der Waals surface area contributed by atoms with E-state index in [0.717, 1.165) is 53.8 Å². The molecule has 0 radical (unpaired) electrons. The number of ether oxygens (including phenoxy) is 3. The van der Waals surface area contributed by atoms with Crippen molar-refractivity contribution in [3.8, 4) is 17.2 Å². The highest BCUT2D eigenvalue weighted by Crippen LogP contribution is 2.48. The van der Waals surface area contributed by atoms with Gasteiger partial charge in [-0.05, 0) is 72.2 Å². The number of carbonyl (C=O) groups is 2. The Balaban J connectivity index is 1.33. The number of halogens is 1. The average molecular weight is 575 g/mol. The summed E-state index contributed by atoms with van der Waals surface area (Å²) in [4.78, 5) is 28.4. The zero-order valence-electron chi connectivity index (χ0n) is 23.8. The maximum Gasteiger partial charge on any atom is 0.309 e. The van der Waals surface area contributed by atoms with Crippen molar-refractivity contribution in [1.29, 1.82) is 0 Å². The van der Waals surface area contributed by atoms with Crippen molar-refractivity contribution in [3.05, 3.63) is 82.7 Å². The van der Waals surface area contributed by atoms with Crippen LogP contribution in [0.2, 0.25) is 0 Å². The van der Waals surface area contributed by atoms with Crippen LogP contribution < -0.4 is 19.5 Å². The molecule has 0 bridgehead atoms. The molecule has 9 heteroatoms. The van der Waals surface area contributed by atoms with Crippen LogP contribution in [0.5, 0.6) is 17.2 Å². The summed E-state index contributed by atoms with van der Waals surface area (Å²) in [5, 5.41) is 13.7. The van der Waals surface area contributed by atoms with Crippen LogP contribution in [0.25, 0.3) is 0 Å². The van der Waals surface area contributed by atoms with Gasteiger partial charge in [-0.15, -0.1) is 0 Å². The van der Waals surface area contributed by atoms with Gasteiger partial charge in [-0.3, -0.25) is 14.5 Å². The minimum Gasteiger partial charge on any atom is -0.490 e. The SMILES string of the molecule is CCc1cccc(CC)c1NC(=O)CN1C[C@H](c2cc(F)c3c(c2)OCO3)C(C(=O)O)[C@@H]1c1ccc(OC2CC2)cc1. The maximum absolute atomic E-state index is 15.0. The Morgan fingerprint density at radius 2 is 1.74 bits per heavy atom. The topological polar surface area (TPSA) is 97.3 Å². The molecule has 0 spiro atoms. The maximum atomic E-state index is 15.0. The normalized spacial score (nSPS) is 21.4. The van der Waals surface area contributed by atoms with Gasteiger partial charge in [0.2, 0.25) is 18.4 Å². The molecule has 1 amide bonds. The van der Waals surface area contributed by atoms with Crippen LogP contribution in [0, 0.1) is 11.7 Å². The van der Waals surface area contributed by atoms with Crippen LogP contribution in [0.15, 0.2) is 54.6 Å². The van der Waals surface area contributed by atoms with Crippen LogP contribution in [-0.2, 0) is 22.4 Å². The number of carbonyl (C=O) groups excluding carboxylic acids is 1. The number of fused-ring (bicyclic) bond motifs is 1. The molecule has 3 aromatic carbocycles. The first kappa shape index (κ1) is 28.0. The minimum absolute atomic E-state index is 0.0283. The molecule has 2 heterocycles. The number of aryl methyl sites for hydroxylation is 2.